The quantitative estimate of drug-likeness (QED) is 0.517. The molecule has 0 spiro atoms. The van der Waals surface area contributed by atoms with Crippen LogP contribution >= 0.6 is 19.5 Å². The number of nitrogens with zero attached hydrogens (tertiary/aromatic N) is 2. The van der Waals surface area contributed by atoms with E-state index in [4.69, 9.17) is 13.8 Å². The van der Waals surface area contributed by atoms with E-state index in [2.05, 4.69) is 10.1 Å². The molecule has 3 rings (SSSR count). The predicted molar refractivity (Wildman–Crippen MR) is 97.3 cm³/mol. The molecule has 0 bridgehead atoms. The van der Waals surface area contributed by atoms with Gasteiger partial charge in [0, 0.05) is 24.9 Å². The van der Waals surface area contributed by atoms with Gasteiger partial charge in [0.05, 0.1) is 11.9 Å². The summed E-state index contributed by atoms with van der Waals surface area (Å²) >= 11 is 1.31. The molecule has 2 aliphatic rings. The molecule has 0 amide bonds. The largest absolute Gasteiger partial charge is 0.464 e. The smallest absolute Gasteiger partial charge is 0.406 e. The number of aromatic nitrogens is 2. The van der Waals surface area contributed by atoms with E-state index in [1.54, 1.807) is 26.1 Å². The number of esters is 1. The minimum Gasteiger partial charge on any atom is -0.464 e. The molecule has 10 nitrogen and oxygen atoms in total. The van der Waals surface area contributed by atoms with Crippen molar-refractivity contribution in [1.29, 1.82) is 0 Å². The lowest BCUT2D eigenvalue weighted by atomic mass is 10.1. The summed E-state index contributed by atoms with van der Waals surface area (Å²) in [4.78, 5) is 26.9. The van der Waals surface area contributed by atoms with Crippen LogP contribution in [0.1, 0.15) is 24.9 Å². The minimum absolute atomic E-state index is 0.00446. The van der Waals surface area contributed by atoms with Crippen molar-refractivity contribution in [2.45, 2.75) is 49.6 Å². The van der Waals surface area contributed by atoms with Crippen LogP contribution < -0.4 is 10.8 Å². The Hall–Kier alpha value is -1.23. The zero-order valence-electron chi connectivity index (χ0n) is 15.1. The number of nitrogens with one attached hydrogen (secondary N) is 1. The van der Waals surface area contributed by atoms with Crippen LogP contribution in [0.5, 0.6) is 0 Å². The van der Waals surface area contributed by atoms with Gasteiger partial charge in [0.25, 0.3) is 0 Å². The lowest BCUT2D eigenvalue weighted by Gasteiger charge is -2.33. The molecule has 12 heteroatoms. The molecule has 150 valence electrons. The summed E-state index contributed by atoms with van der Waals surface area (Å²) < 4.78 is 30.0. The first-order valence-electron chi connectivity index (χ1n) is 8.42. The first-order valence-corrected chi connectivity index (χ1v) is 10.9. The van der Waals surface area contributed by atoms with Crippen LogP contribution in [0.15, 0.2) is 17.1 Å². The van der Waals surface area contributed by atoms with E-state index < -0.39 is 43.0 Å². The predicted octanol–water partition coefficient (Wildman–Crippen LogP) is 0.591. The van der Waals surface area contributed by atoms with Gasteiger partial charge in [-0.2, -0.15) is 4.98 Å². The molecule has 0 aliphatic carbocycles. The molecule has 2 saturated heterocycles. The second kappa shape index (κ2) is 8.02. The summed E-state index contributed by atoms with van der Waals surface area (Å²) in [6.45, 7) is 4.74. The van der Waals surface area contributed by atoms with Crippen molar-refractivity contribution in [2.24, 2.45) is 0 Å². The molecule has 1 aromatic heterocycles. The van der Waals surface area contributed by atoms with E-state index in [9.17, 15) is 19.3 Å². The maximum atomic E-state index is 12.8. The van der Waals surface area contributed by atoms with Crippen molar-refractivity contribution < 1.29 is 28.3 Å². The van der Waals surface area contributed by atoms with Crippen molar-refractivity contribution in [3.05, 3.63) is 28.4 Å². The lowest BCUT2D eigenvalue weighted by molar-refractivity contribution is -0.141. The van der Waals surface area contributed by atoms with Gasteiger partial charge in [-0.05, 0) is 19.9 Å². The zero-order valence-corrected chi connectivity index (χ0v) is 16.8. The van der Waals surface area contributed by atoms with E-state index in [1.165, 1.54) is 23.3 Å². The summed E-state index contributed by atoms with van der Waals surface area (Å²) in [5.41, 5.74) is 0.114. The Morgan fingerprint density at radius 1 is 1.63 bits per heavy atom. The Labute approximate surface area is 160 Å². The molecule has 0 aromatic carbocycles. The van der Waals surface area contributed by atoms with Crippen molar-refractivity contribution >= 4 is 25.5 Å². The van der Waals surface area contributed by atoms with Gasteiger partial charge < -0.3 is 9.84 Å². The molecule has 0 saturated carbocycles. The van der Waals surface area contributed by atoms with E-state index in [0.717, 1.165) is 0 Å². The summed E-state index contributed by atoms with van der Waals surface area (Å²) in [5, 5.41) is 12.5. The lowest BCUT2D eigenvalue weighted by Crippen LogP contribution is -2.43. The third-order valence-corrected chi connectivity index (χ3v) is 7.44. The van der Waals surface area contributed by atoms with Crippen molar-refractivity contribution in [3.63, 3.8) is 0 Å². The Morgan fingerprint density at radius 3 is 3.04 bits per heavy atom. The molecule has 1 aromatic rings. The molecule has 1 unspecified atom stereocenters. The Morgan fingerprint density at radius 2 is 2.37 bits per heavy atom. The summed E-state index contributed by atoms with van der Waals surface area (Å²) in [6.07, 6.45) is -0.269. The minimum atomic E-state index is -3.69. The first-order chi connectivity index (χ1) is 12.7. The molecular weight excluding hydrogens is 397 g/mol. The van der Waals surface area contributed by atoms with Crippen molar-refractivity contribution in [2.75, 3.05) is 13.2 Å². The SMILES string of the molecule is CC(=O)OC[C@H](C)NP1(=O)OC[C@H]2S[C@@H](n3ccc(C)nc3=O)[C@@H](O)[C@@H]2O1. The van der Waals surface area contributed by atoms with Crippen LogP contribution in [0.3, 0.4) is 0 Å². The number of carbonyl (C=O) groups excluding carboxylic acids is 1. The molecule has 6 atom stereocenters. The molecule has 27 heavy (non-hydrogen) atoms. The van der Waals surface area contributed by atoms with Crippen LogP contribution in [0.2, 0.25) is 0 Å². The highest BCUT2D eigenvalue weighted by molar-refractivity contribution is 8.00. The highest BCUT2D eigenvalue weighted by Gasteiger charge is 2.52. The number of ether oxygens (including phenoxy) is 1. The van der Waals surface area contributed by atoms with Gasteiger partial charge in [0.15, 0.2) is 0 Å². The van der Waals surface area contributed by atoms with Gasteiger partial charge in [-0.15, -0.1) is 11.8 Å². The zero-order chi connectivity index (χ0) is 19.8. The van der Waals surface area contributed by atoms with Gasteiger partial charge in [0.2, 0.25) is 0 Å². The number of aliphatic hydroxyl groups is 1. The van der Waals surface area contributed by atoms with Gasteiger partial charge in [-0.1, -0.05) is 0 Å². The number of aliphatic hydroxyl groups excluding tert-OH is 1. The number of rotatable bonds is 5. The van der Waals surface area contributed by atoms with E-state index in [0.29, 0.717) is 5.69 Å². The van der Waals surface area contributed by atoms with E-state index in [-0.39, 0.29) is 18.5 Å². The second-order valence-corrected chi connectivity index (χ2v) is 9.59. The summed E-state index contributed by atoms with van der Waals surface area (Å²) in [5.74, 6) is -0.449. The first kappa shape index (κ1) is 20.5. The molecule has 2 aliphatic heterocycles. The van der Waals surface area contributed by atoms with E-state index >= 15 is 0 Å². The van der Waals surface area contributed by atoms with Crippen LogP contribution in [0.4, 0.5) is 0 Å². The highest BCUT2D eigenvalue weighted by atomic mass is 32.2. The average molecular weight is 419 g/mol. The summed E-state index contributed by atoms with van der Waals surface area (Å²) in [6, 6.07) is 1.21. The Kier molecular flexibility index (Phi) is 6.09. The average Bonchev–Trinajstić information content (AvgIpc) is 2.89. The number of carbonyl (C=O) groups is 1. The van der Waals surface area contributed by atoms with E-state index in [1.807, 2.05) is 0 Å². The van der Waals surface area contributed by atoms with Gasteiger partial charge in [-0.25, -0.2) is 14.4 Å². The maximum Gasteiger partial charge on any atom is 0.406 e. The molecule has 2 fully saturated rings. The van der Waals surface area contributed by atoms with Crippen molar-refractivity contribution in [3.8, 4) is 0 Å². The van der Waals surface area contributed by atoms with Gasteiger partial charge >= 0.3 is 19.4 Å². The highest BCUT2D eigenvalue weighted by Crippen LogP contribution is 2.56. The third-order valence-electron chi connectivity index (χ3n) is 4.14. The number of aryl methyl sites for hydroxylation is 1. The van der Waals surface area contributed by atoms with Gasteiger partial charge in [0.1, 0.15) is 24.2 Å². The topological polar surface area (TPSA) is 129 Å². The number of thioether (sulfide) groups is 1. The van der Waals surface area contributed by atoms with Crippen LogP contribution in [0, 0.1) is 6.92 Å². The molecule has 3 heterocycles. The standard InChI is InChI=1S/C15H22N3O7PS/c1-8-4-5-18(15(21)16-8)14-12(20)13-11(27-14)7-24-26(22,25-13)17-9(2)6-23-10(3)19/h4-5,9,11-14,20H,6-7H2,1-3H3,(H,17,22)/t9-,11+,12-,13+,14+,26?/m0/s1. The number of hydrogen-bond donors (Lipinski definition) is 2. The molecular formula is C15H22N3O7PS. The Balaban J connectivity index is 1.69. The van der Waals surface area contributed by atoms with Crippen LogP contribution in [-0.2, 0) is 23.1 Å². The second-order valence-electron chi connectivity index (χ2n) is 6.51. The maximum absolute atomic E-state index is 12.8. The summed E-state index contributed by atoms with van der Waals surface area (Å²) in [7, 11) is -3.69. The van der Waals surface area contributed by atoms with Crippen LogP contribution in [0.25, 0.3) is 0 Å². The monoisotopic (exact) mass is 419 g/mol. The number of fused-ring (bicyclic) bond motifs is 1. The molecule has 0 radical (unpaired) electrons. The normalized spacial score (nSPS) is 34.1. The fourth-order valence-corrected chi connectivity index (χ4v) is 6.31. The third kappa shape index (κ3) is 4.61. The Bertz CT molecular complexity index is 819. The molecule has 2 N–H and O–H groups in total. The van der Waals surface area contributed by atoms with Gasteiger partial charge in [-0.3, -0.25) is 18.4 Å². The van der Waals surface area contributed by atoms with Crippen LogP contribution in [-0.4, -0.2) is 57.3 Å². The number of hydrogen-bond acceptors (Lipinski definition) is 9. The fourth-order valence-electron chi connectivity index (χ4n) is 2.88. The van der Waals surface area contributed by atoms with Crippen molar-refractivity contribution in [1.82, 2.24) is 14.6 Å². The fraction of sp³-hybridized carbons (Fsp3) is 0.667.